The van der Waals surface area contributed by atoms with Crippen LogP contribution >= 0.6 is 0 Å². The third-order valence-electron chi connectivity index (χ3n) is 7.58. The van der Waals surface area contributed by atoms with Crippen LogP contribution in [0.15, 0.2) is 54.6 Å². The first-order valence-corrected chi connectivity index (χ1v) is 16.2. The Morgan fingerprint density at radius 1 is 0.489 bits per heavy atom. The fourth-order valence-electron chi connectivity index (χ4n) is 4.89. The molecule has 3 aromatic carbocycles. The molecule has 0 amide bonds. The van der Waals surface area contributed by atoms with E-state index in [1.807, 2.05) is 30.3 Å². The van der Waals surface area contributed by atoms with Gasteiger partial charge >= 0.3 is 11.9 Å². The first-order valence-electron chi connectivity index (χ1n) is 16.2. The summed E-state index contributed by atoms with van der Waals surface area (Å²) in [5, 5.41) is 47.4. The van der Waals surface area contributed by atoms with Crippen LogP contribution in [-0.2, 0) is 44.1 Å². The van der Waals surface area contributed by atoms with Gasteiger partial charge in [-0.3, -0.25) is 9.59 Å². The lowest BCUT2D eigenvalue weighted by Crippen LogP contribution is -2.18. The van der Waals surface area contributed by atoms with Gasteiger partial charge in [-0.15, -0.1) is 0 Å². The Morgan fingerprint density at radius 3 is 0.915 bits per heavy atom. The highest BCUT2D eigenvalue weighted by Gasteiger charge is 2.28. The second-order valence-electron chi connectivity index (χ2n) is 16.2. The molecule has 0 fully saturated rings. The van der Waals surface area contributed by atoms with Crippen molar-refractivity contribution >= 4 is 11.9 Å². The molecule has 0 radical (unpaired) electrons. The van der Waals surface area contributed by atoms with Crippen LogP contribution in [0, 0.1) is 0 Å². The van der Waals surface area contributed by atoms with Gasteiger partial charge in [0.05, 0.1) is 0 Å². The Morgan fingerprint density at radius 2 is 0.745 bits per heavy atom. The van der Waals surface area contributed by atoms with Crippen LogP contribution in [0.4, 0.5) is 0 Å². The maximum atomic E-state index is 10.8. The number of carboxylic acids is 2. The molecule has 0 aliphatic rings. The fourth-order valence-corrected chi connectivity index (χ4v) is 4.89. The van der Waals surface area contributed by atoms with Crippen LogP contribution < -0.4 is 0 Å². The molecule has 0 saturated carbocycles. The minimum absolute atomic E-state index is 0.109. The summed E-state index contributed by atoms with van der Waals surface area (Å²) in [6, 6.07) is 16.5. The lowest BCUT2D eigenvalue weighted by molar-refractivity contribution is -0.138. The molecule has 7 heteroatoms. The number of phenols is 3. The van der Waals surface area contributed by atoms with Crippen molar-refractivity contribution in [2.75, 3.05) is 0 Å². The van der Waals surface area contributed by atoms with Gasteiger partial charge in [0.25, 0.3) is 0 Å². The van der Waals surface area contributed by atoms with E-state index >= 15 is 0 Å². The number of hydrogen-bond acceptors (Lipinski definition) is 5. The fraction of sp³-hybridized carbons (Fsp3) is 0.500. The summed E-state index contributed by atoms with van der Waals surface area (Å²) < 4.78 is 0. The molecule has 0 aromatic heterocycles. The smallest absolute Gasteiger partial charge is 0.303 e. The molecule has 47 heavy (non-hydrogen) atoms. The summed E-state index contributed by atoms with van der Waals surface area (Å²) >= 11 is 0. The molecule has 0 spiro atoms. The van der Waals surface area contributed by atoms with E-state index in [2.05, 4.69) is 83.1 Å². The summed E-state index contributed by atoms with van der Waals surface area (Å²) in [5.41, 5.74) is 4.76. The standard InChI is InChI=1S/2C17H26O3.C6H6O/c2*1-16(2,3)12-9-11(7-8-14(18)19)10-13(15(12)20)17(4,5)6;7-6-4-2-1-3-5-6/h2*9-10,20H,7-8H2,1-6H3,(H,18,19);1-5,7H. The van der Waals surface area contributed by atoms with Gasteiger partial charge in [-0.25, -0.2) is 0 Å². The van der Waals surface area contributed by atoms with E-state index in [1.54, 1.807) is 24.3 Å². The molecule has 0 saturated heterocycles. The number of carbonyl (C=O) groups is 2. The van der Waals surface area contributed by atoms with Crippen LogP contribution in [0.2, 0.25) is 0 Å². The predicted molar refractivity (Wildman–Crippen MR) is 191 cm³/mol. The lowest BCUT2D eigenvalue weighted by Gasteiger charge is -2.28. The van der Waals surface area contributed by atoms with Gasteiger partial charge in [-0.05, 0) is 80.0 Å². The van der Waals surface area contributed by atoms with Gasteiger partial charge in [0.1, 0.15) is 17.2 Å². The van der Waals surface area contributed by atoms with E-state index in [4.69, 9.17) is 15.3 Å². The summed E-state index contributed by atoms with van der Waals surface area (Å²) in [7, 11) is 0. The molecule has 260 valence electrons. The van der Waals surface area contributed by atoms with Gasteiger partial charge in [-0.2, -0.15) is 0 Å². The van der Waals surface area contributed by atoms with Crippen LogP contribution in [-0.4, -0.2) is 37.5 Å². The van der Waals surface area contributed by atoms with Crippen molar-refractivity contribution in [3.05, 3.63) is 88.0 Å². The first-order chi connectivity index (χ1) is 21.2. The molecule has 0 unspecified atom stereocenters. The number of aromatic hydroxyl groups is 3. The van der Waals surface area contributed by atoms with Gasteiger partial charge in [0.2, 0.25) is 0 Å². The lowest BCUT2D eigenvalue weighted by atomic mass is 9.78. The van der Waals surface area contributed by atoms with E-state index < -0.39 is 11.9 Å². The molecule has 0 heterocycles. The number of para-hydroxylation sites is 1. The van der Waals surface area contributed by atoms with E-state index in [1.165, 1.54) is 0 Å². The Kier molecular flexibility index (Phi) is 14.1. The third-order valence-corrected chi connectivity index (χ3v) is 7.58. The molecular weight excluding hydrogens is 592 g/mol. The molecular formula is C40H58O7. The van der Waals surface area contributed by atoms with Crippen LogP contribution in [0.3, 0.4) is 0 Å². The van der Waals surface area contributed by atoms with E-state index in [0.717, 1.165) is 33.4 Å². The van der Waals surface area contributed by atoms with Crippen LogP contribution in [0.5, 0.6) is 17.2 Å². The van der Waals surface area contributed by atoms with Gasteiger partial charge in [-0.1, -0.05) is 126 Å². The van der Waals surface area contributed by atoms with Crippen molar-refractivity contribution in [3.63, 3.8) is 0 Å². The topological polar surface area (TPSA) is 135 Å². The molecule has 3 aromatic rings. The Balaban J connectivity index is 0.000000389. The largest absolute Gasteiger partial charge is 0.508 e. The van der Waals surface area contributed by atoms with E-state index in [-0.39, 0.29) is 34.5 Å². The number of carboxylic acid groups (broad SMARTS) is 2. The summed E-state index contributed by atoms with van der Waals surface area (Å²) in [6.07, 6.45) is 1.19. The molecule has 0 aliphatic carbocycles. The van der Waals surface area contributed by atoms with Crippen molar-refractivity contribution in [2.45, 2.75) is 130 Å². The summed E-state index contributed by atoms with van der Waals surface area (Å²) in [6.45, 7) is 24.6. The minimum Gasteiger partial charge on any atom is -0.508 e. The zero-order valence-electron chi connectivity index (χ0n) is 30.6. The Hall–Kier alpha value is -4.00. The SMILES string of the molecule is CC(C)(C)c1cc(CCC(=O)O)cc(C(C)(C)C)c1O.CC(C)(C)c1cc(CCC(=O)O)cc(C(C)(C)C)c1O.Oc1ccccc1. The molecule has 5 N–H and O–H groups in total. The maximum absolute atomic E-state index is 10.8. The molecule has 3 rings (SSSR count). The quantitative estimate of drug-likeness (QED) is 0.179. The van der Waals surface area contributed by atoms with Crippen LogP contribution in [0.1, 0.15) is 129 Å². The number of phenolic OH excluding ortho intramolecular Hbond substituents is 3. The van der Waals surface area contributed by atoms with Crippen molar-refractivity contribution < 1.29 is 35.1 Å². The highest BCUT2D eigenvalue weighted by Crippen LogP contribution is 2.41. The second-order valence-corrected chi connectivity index (χ2v) is 16.2. The first kappa shape index (κ1) is 41.0. The van der Waals surface area contributed by atoms with Crippen molar-refractivity contribution in [1.29, 1.82) is 0 Å². The number of aliphatic carboxylic acids is 2. The number of rotatable bonds is 6. The summed E-state index contributed by atoms with van der Waals surface area (Å²) in [5.74, 6) is -0.601. The molecule has 0 aliphatic heterocycles. The Bertz CT molecular complexity index is 1310. The highest BCUT2D eigenvalue weighted by molar-refractivity contribution is 5.67. The zero-order chi connectivity index (χ0) is 36.5. The van der Waals surface area contributed by atoms with Gasteiger partial charge in [0, 0.05) is 12.8 Å². The number of hydrogen-bond donors (Lipinski definition) is 5. The average molecular weight is 651 g/mol. The van der Waals surface area contributed by atoms with Crippen molar-refractivity contribution in [2.24, 2.45) is 0 Å². The number of aryl methyl sites for hydroxylation is 2. The van der Waals surface area contributed by atoms with Crippen LogP contribution in [0.25, 0.3) is 0 Å². The predicted octanol–water partition coefficient (Wildman–Crippen LogP) is 9.40. The molecule has 7 nitrogen and oxygen atoms in total. The zero-order valence-corrected chi connectivity index (χ0v) is 30.6. The third kappa shape index (κ3) is 13.7. The normalized spacial score (nSPS) is 11.9. The minimum atomic E-state index is -0.798. The maximum Gasteiger partial charge on any atom is 0.303 e. The summed E-state index contributed by atoms with van der Waals surface area (Å²) in [4.78, 5) is 21.5. The highest BCUT2D eigenvalue weighted by atomic mass is 16.4. The Labute approximate surface area is 282 Å². The average Bonchev–Trinajstić information content (AvgIpc) is 2.90. The number of benzene rings is 3. The second kappa shape index (κ2) is 16.2. The van der Waals surface area contributed by atoms with Gasteiger partial charge < -0.3 is 25.5 Å². The van der Waals surface area contributed by atoms with E-state index in [9.17, 15) is 19.8 Å². The van der Waals surface area contributed by atoms with Crippen molar-refractivity contribution in [3.8, 4) is 17.2 Å². The van der Waals surface area contributed by atoms with Crippen molar-refractivity contribution in [1.82, 2.24) is 0 Å². The molecule has 0 atom stereocenters. The van der Waals surface area contributed by atoms with Gasteiger partial charge in [0.15, 0.2) is 0 Å². The molecule has 0 bridgehead atoms. The van der Waals surface area contributed by atoms with E-state index in [0.29, 0.717) is 30.1 Å². The monoisotopic (exact) mass is 650 g/mol.